The molecule has 0 radical (unpaired) electrons. The molecule has 3 heterocycles. The van der Waals surface area contributed by atoms with Crippen LogP contribution in [0.15, 0.2) is 55.1 Å². The Bertz CT molecular complexity index is 925. The summed E-state index contributed by atoms with van der Waals surface area (Å²) in [4.78, 5) is 30.0. The number of amides is 1. The van der Waals surface area contributed by atoms with Gasteiger partial charge in [-0.05, 0) is 49.1 Å². The predicted octanol–water partition coefficient (Wildman–Crippen LogP) is 2.69. The monoisotopic (exact) mass is 361 g/mol. The van der Waals surface area contributed by atoms with E-state index < -0.39 is 0 Å². The number of carbonyl (C=O) groups is 1. The Morgan fingerprint density at radius 2 is 2.00 bits per heavy atom. The smallest absolute Gasteiger partial charge is 0.245 e. The molecule has 1 aliphatic heterocycles. The second-order valence-corrected chi connectivity index (χ2v) is 6.93. The van der Waals surface area contributed by atoms with Gasteiger partial charge in [0.1, 0.15) is 18.2 Å². The van der Waals surface area contributed by atoms with Crippen molar-refractivity contribution < 1.29 is 4.79 Å². The molecule has 0 spiro atoms. The minimum absolute atomic E-state index is 0.157. The van der Waals surface area contributed by atoms with Gasteiger partial charge >= 0.3 is 0 Å². The molecule has 6 nitrogen and oxygen atoms in total. The van der Waals surface area contributed by atoms with Crippen molar-refractivity contribution in [3.05, 3.63) is 60.7 Å². The van der Waals surface area contributed by atoms with Gasteiger partial charge in [0.15, 0.2) is 0 Å². The zero-order valence-corrected chi connectivity index (χ0v) is 15.5. The fourth-order valence-electron chi connectivity index (χ4n) is 3.71. The summed E-state index contributed by atoms with van der Waals surface area (Å²) in [7, 11) is 1.89. The van der Waals surface area contributed by atoms with Crippen LogP contribution >= 0.6 is 0 Å². The van der Waals surface area contributed by atoms with Crippen LogP contribution in [0.1, 0.15) is 18.4 Å². The number of anilines is 1. The Balaban J connectivity index is 1.51. The van der Waals surface area contributed by atoms with Gasteiger partial charge in [-0.25, -0.2) is 9.97 Å². The molecule has 2 aromatic heterocycles. The fraction of sp³-hybridized carbons (Fsp3) is 0.333. The Kier molecular flexibility index (Phi) is 4.96. The van der Waals surface area contributed by atoms with Gasteiger partial charge < -0.3 is 9.80 Å². The highest BCUT2D eigenvalue weighted by Gasteiger charge is 2.34. The van der Waals surface area contributed by atoms with Crippen molar-refractivity contribution in [3.63, 3.8) is 0 Å². The minimum atomic E-state index is -0.161. The van der Waals surface area contributed by atoms with Crippen molar-refractivity contribution in [1.82, 2.24) is 19.9 Å². The number of likely N-dealkylation sites (N-methyl/N-ethyl adjacent to an activating group) is 1. The van der Waals surface area contributed by atoms with Crippen LogP contribution < -0.4 is 4.90 Å². The van der Waals surface area contributed by atoms with Gasteiger partial charge in [-0.3, -0.25) is 9.78 Å². The van der Waals surface area contributed by atoms with Crippen molar-refractivity contribution in [2.45, 2.75) is 25.3 Å². The quantitative estimate of drug-likeness (QED) is 0.699. The SMILES string of the molecule is CN(CCc1ccncc1)C(=O)C1CCCN1c1ncnc2ccccc12. The lowest BCUT2D eigenvalue weighted by molar-refractivity contribution is -0.131. The number of fused-ring (bicyclic) bond motifs is 1. The van der Waals surface area contributed by atoms with Crippen LogP contribution in [-0.2, 0) is 11.2 Å². The minimum Gasteiger partial charge on any atom is -0.344 e. The van der Waals surface area contributed by atoms with E-state index in [0.717, 1.165) is 42.5 Å². The summed E-state index contributed by atoms with van der Waals surface area (Å²) in [6.45, 7) is 1.54. The van der Waals surface area contributed by atoms with E-state index in [1.54, 1.807) is 18.7 Å². The van der Waals surface area contributed by atoms with E-state index in [2.05, 4.69) is 19.9 Å². The first-order valence-corrected chi connectivity index (χ1v) is 9.34. The van der Waals surface area contributed by atoms with Crippen molar-refractivity contribution in [3.8, 4) is 0 Å². The summed E-state index contributed by atoms with van der Waals surface area (Å²) < 4.78 is 0. The topological polar surface area (TPSA) is 62.2 Å². The number of hydrogen-bond acceptors (Lipinski definition) is 5. The maximum atomic E-state index is 13.1. The first-order chi connectivity index (χ1) is 13.2. The average Bonchev–Trinajstić information content (AvgIpc) is 3.21. The number of aromatic nitrogens is 3. The number of nitrogens with zero attached hydrogens (tertiary/aromatic N) is 5. The third kappa shape index (κ3) is 3.60. The molecule has 6 heteroatoms. The standard InChI is InChI=1S/C21H23N5O/c1-25(14-10-16-8-11-22-12-9-16)21(27)19-7-4-13-26(19)20-17-5-2-3-6-18(17)23-15-24-20/h2-3,5-6,8-9,11-12,15,19H,4,7,10,13-14H2,1H3. The molecule has 138 valence electrons. The number of carbonyl (C=O) groups excluding carboxylic acids is 1. The van der Waals surface area contributed by atoms with E-state index >= 15 is 0 Å². The lowest BCUT2D eigenvalue weighted by atomic mass is 10.1. The number of para-hydroxylation sites is 1. The fourth-order valence-corrected chi connectivity index (χ4v) is 3.71. The van der Waals surface area contributed by atoms with Gasteiger partial charge in [-0.1, -0.05) is 12.1 Å². The van der Waals surface area contributed by atoms with E-state index in [0.29, 0.717) is 6.54 Å². The van der Waals surface area contributed by atoms with Crippen molar-refractivity contribution in [2.75, 3.05) is 25.0 Å². The Morgan fingerprint density at radius 1 is 1.19 bits per heavy atom. The van der Waals surface area contributed by atoms with Gasteiger partial charge in [0.2, 0.25) is 5.91 Å². The van der Waals surface area contributed by atoms with Crippen LogP contribution in [0, 0.1) is 0 Å². The third-order valence-electron chi connectivity index (χ3n) is 5.19. The van der Waals surface area contributed by atoms with Gasteiger partial charge in [0, 0.05) is 37.9 Å². The lowest BCUT2D eigenvalue weighted by Gasteiger charge is -2.29. The molecule has 1 unspecified atom stereocenters. The molecule has 1 aromatic carbocycles. The number of hydrogen-bond donors (Lipinski definition) is 0. The van der Waals surface area contributed by atoms with Gasteiger partial charge in [0.25, 0.3) is 0 Å². The molecule has 1 aliphatic rings. The van der Waals surface area contributed by atoms with Crippen LogP contribution in [0.4, 0.5) is 5.82 Å². The molecule has 1 atom stereocenters. The molecule has 0 bridgehead atoms. The summed E-state index contributed by atoms with van der Waals surface area (Å²) >= 11 is 0. The number of benzene rings is 1. The zero-order valence-electron chi connectivity index (χ0n) is 15.5. The van der Waals surface area contributed by atoms with Crippen molar-refractivity contribution in [1.29, 1.82) is 0 Å². The first kappa shape index (κ1) is 17.4. The number of pyridine rings is 1. The molecule has 1 amide bonds. The third-order valence-corrected chi connectivity index (χ3v) is 5.19. The molecule has 0 saturated carbocycles. The van der Waals surface area contributed by atoms with E-state index in [4.69, 9.17) is 0 Å². The van der Waals surface area contributed by atoms with Crippen molar-refractivity contribution in [2.24, 2.45) is 0 Å². The van der Waals surface area contributed by atoms with E-state index in [1.165, 1.54) is 5.56 Å². The lowest BCUT2D eigenvalue weighted by Crippen LogP contribution is -2.45. The van der Waals surface area contributed by atoms with Gasteiger partial charge in [-0.2, -0.15) is 0 Å². The summed E-state index contributed by atoms with van der Waals surface area (Å²) in [5.74, 6) is 1.02. The molecule has 27 heavy (non-hydrogen) atoms. The summed E-state index contributed by atoms with van der Waals surface area (Å²) in [5.41, 5.74) is 2.10. The Labute approximate surface area is 158 Å². The van der Waals surface area contributed by atoms with Crippen molar-refractivity contribution >= 4 is 22.6 Å². The van der Waals surface area contributed by atoms with E-state index in [9.17, 15) is 4.79 Å². The van der Waals surface area contributed by atoms with Crippen LogP contribution in [0.2, 0.25) is 0 Å². The normalized spacial score (nSPS) is 16.6. The summed E-state index contributed by atoms with van der Waals surface area (Å²) in [5, 5.41) is 0.999. The van der Waals surface area contributed by atoms with Crippen LogP contribution in [0.25, 0.3) is 10.9 Å². The highest BCUT2D eigenvalue weighted by molar-refractivity contribution is 5.93. The molecule has 0 aliphatic carbocycles. The largest absolute Gasteiger partial charge is 0.344 e. The molecule has 4 rings (SSSR count). The Hall–Kier alpha value is -3.02. The van der Waals surface area contributed by atoms with E-state index in [1.807, 2.05) is 48.3 Å². The Morgan fingerprint density at radius 3 is 2.85 bits per heavy atom. The van der Waals surface area contributed by atoms with Crippen LogP contribution in [0.3, 0.4) is 0 Å². The second-order valence-electron chi connectivity index (χ2n) is 6.93. The predicted molar refractivity (Wildman–Crippen MR) is 105 cm³/mol. The maximum absolute atomic E-state index is 13.1. The summed E-state index contributed by atoms with van der Waals surface area (Å²) in [6.07, 6.45) is 7.84. The summed E-state index contributed by atoms with van der Waals surface area (Å²) in [6, 6.07) is 11.8. The van der Waals surface area contributed by atoms with E-state index in [-0.39, 0.29) is 11.9 Å². The highest BCUT2D eigenvalue weighted by atomic mass is 16.2. The molecular weight excluding hydrogens is 338 g/mol. The molecular formula is C21H23N5O. The van der Waals surface area contributed by atoms with Gasteiger partial charge in [0.05, 0.1) is 5.52 Å². The molecule has 1 saturated heterocycles. The van der Waals surface area contributed by atoms with Crippen LogP contribution in [-0.4, -0.2) is 51.9 Å². The first-order valence-electron chi connectivity index (χ1n) is 9.34. The number of rotatable bonds is 5. The highest BCUT2D eigenvalue weighted by Crippen LogP contribution is 2.30. The van der Waals surface area contributed by atoms with Gasteiger partial charge in [-0.15, -0.1) is 0 Å². The zero-order chi connectivity index (χ0) is 18.6. The molecule has 0 N–H and O–H groups in total. The molecule has 3 aromatic rings. The molecule has 1 fully saturated rings. The second kappa shape index (κ2) is 7.70. The van der Waals surface area contributed by atoms with Crippen LogP contribution in [0.5, 0.6) is 0 Å². The average molecular weight is 361 g/mol. The maximum Gasteiger partial charge on any atom is 0.245 e.